The minimum absolute atomic E-state index is 0.107. The Balaban J connectivity index is 2.00. The van der Waals surface area contributed by atoms with Crippen LogP contribution in [-0.4, -0.2) is 34.2 Å². The predicted molar refractivity (Wildman–Crippen MR) is 131 cm³/mol. The van der Waals surface area contributed by atoms with Crippen LogP contribution < -0.4 is 5.32 Å². The first-order valence-corrected chi connectivity index (χ1v) is 11.3. The number of nitrogens with one attached hydrogen (secondary N) is 1. The van der Waals surface area contributed by atoms with Gasteiger partial charge >= 0.3 is 0 Å². The van der Waals surface area contributed by atoms with Gasteiger partial charge in [-0.1, -0.05) is 78.4 Å². The van der Waals surface area contributed by atoms with Crippen molar-refractivity contribution in [1.29, 1.82) is 0 Å². The van der Waals surface area contributed by atoms with Gasteiger partial charge in [0.05, 0.1) is 11.3 Å². The first-order chi connectivity index (χ1) is 16.4. The zero-order valence-electron chi connectivity index (χ0n) is 19.4. The molecule has 176 valence electrons. The van der Waals surface area contributed by atoms with E-state index in [-0.39, 0.29) is 30.5 Å². The number of carbonyl (C=O) groups excluding carboxylic acids is 2. The van der Waals surface area contributed by atoms with Crippen molar-refractivity contribution < 1.29 is 14.5 Å². The average molecular weight is 460 g/mol. The van der Waals surface area contributed by atoms with E-state index in [1.165, 1.54) is 6.07 Å². The molecule has 1 N–H and O–H groups in total. The van der Waals surface area contributed by atoms with Gasteiger partial charge in [0.2, 0.25) is 11.8 Å². The number of likely N-dealkylation sites (N-methyl/N-ethyl adjacent to an activating group) is 1. The van der Waals surface area contributed by atoms with Crippen molar-refractivity contribution in [3.63, 3.8) is 0 Å². The highest BCUT2D eigenvalue weighted by Gasteiger charge is 2.31. The Bertz CT molecular complexity index is 1150. The maximum Gasteiger partial charge on any atom is 0.273 e. The molecule has 7 nitrogen and oxygen atoms in total. The Morgan fingerprint density at radius 2 is 1.65 bits per heavy atom. The van der Waals surface area contributed by atoms with Crippen LogP contribution in [0.2, 0.25) is 0 Å². The van der Waals surface area contributed by atoms with E-state index in [1.807, 2.05) is 68.4 Å². The molecular formula is C27H29N3O4. The van der Waals surface area contributed by atoms with Gasteiger partial charge in [0.25, 0.3) is 5.69 Å². The zero-order chi connectivity index (χ0) is 24.5. The Kier molecular flexibility index (Phi) is 8.51. The van der Waals surface area contributed by atoms with Gasteiger partial charge < -0.3 is 10.2 Å². The summed E-state index contributed by atoms with van der Waals surface area (Å²) in [5.41, 5.74) is 3.07. The van der Waals surface area contributed by atoms with Gasteiger partial charge in [0, 0.05) is 31.1 Å². The van der Waals surface area contributed by atoms with Crippen LogP contribution in [0.1, 0.15) is 29.2 Å². The van der Waals surface area contributed by atoms with Crippen LogP contribution in [0.15, 0.2) is 78.9 Å². The summed E-state index contributed by atoms with van der Waals surface area (Å²) in [4.78, 5) is 39.3. The largest absolute Gasteiger partial charge is 0.355 e. The minimum atomic E-state index is -0.766. The number of hydrogen-bond donors (Lipinski definition) is 1. The monoisotopic (exact) mass is 459 g/mol. The van der Waals surface area contributed by atoms with Gasteiger partial charge in [-0.05, 0) is 25.0 Å². The summed E-state index contributed by atoms with van der Waals surface area (Å²) in [7, 11) is 0. The molecule has 0 bridgehead atoms. The molecule has 7 heteroatoms. The fraction of sp³-hybridized carbons (Fsp3) is 0.259. The van der Waals surface area contributed by atoms with Gasteiger partial charge in [0.15, 0.2) is 0 Å². The molecule has 0 radical (unpaired) electrons. The average Bonchev–Trinajstić information content (AvgIpc) is 2.82. The number of aryl methyl sites for hydroxylation is 1. The van der Waals surface area contributed by atoms with Crippen molar-refractivity contribution in [1.82, 2.24) is 10.2 Å². The minimum Gasteiger partial charge on any atom is -0.355 e. The number of benzene rings is 3. The van der Waals surface area contributed by atoms with Crippen LogP contribution in [-0.2, 0) is 29.0 Å². The molecular weight excluding hydrogens is 430 g/mol. The van der Waals surface area contributed by atoms with Crippen LogP contribution in [0.5, 0.6) is 0 Å². The number of para-hydroxylation sites is 1. The van der Waals surface area contributed by atoms with Gasteiger partial charge in [-0.3, -0.25) is 19.7 Å². The second-order valence-electron chi connectivity index (χ2n) is 8.17. The van der Waals surface area contributed by atoms with E-state index in [2.05, 4.69) is 5.32 Å². The zero-order valence-corrected chi connectivity index (χ0v) is 19.4. The lowest BCUT2D eigenvalue weighted by molar-refractivity contribution is -0.385. The number of nitro groups is 1. The third-order valence-corrected chi connectivity index (χ3v) is 5.59. The molecule has 3 rings (SSSR count). The van der Waals surface area contributed by atoms with Gasteiger partial charge in [-0.15, -0.1) is 0 Å². The lowest BCUT2D eigenvalue weighted by Gasteiger charge is -2.31. The van der Waals surface area contributed by atoms with Crippen LogP contribution in [0, 0.1) is 17.0 Å². The molecule has 0 spiro atoms. The third kappa shape index (κ3) is 6.51. The second-order valence-corrected chi connectivity index (χ2v) is 8.17. The van der Waals surface area contributed by atoms with E-state index >= 15 is 0 Å². The van der Waals surface area contributed by atoms with Crippen LogP contribution >= 0.6 is 0 Å². The Hall–Kier alpha value is -4.00. The summed E-state index contributed by atoms with van der Waals surface area (Å²) in [5.74, 6) is -0.599. The number of nitro benzene ring substituents is 1. The molecule has 0 aliphatic heterocycles. The first kappa shape index (κ1) is 24.6. The Morgan fingerprint density at radius 1 is 0.971 bits per heavy atom. The van der Waals surface area contributed by atoms with Crippen LogP contribution in [0.3, 0.4) is 0 Å². The highest BCUT2D eigenvalue weighted by Crippen LogP contribution is 2.22. The quantitative estimate of drug-likeness (QED) is 0.363. The maximum absolute atomic E-state index is 13.6. The summed E-state index contributed by atoms with van der Waals surface area (Å²) < 4.78 is 0. The van der Waals surface area contributed by atoms with Gasteiger partial charge in [-0.25, -0.2) is 0 Å². The summed E-state index contributed by atoms with van der Waals surface area (Å²) in [6, 6.07) is 22.7. The molecule has 0 fully saturated rings. The summed E-state index contributed by atoms with van der Waals surface area (Å²) in [5, 5.41) is 14.3. The number of rotatable bonds is 10. The SMILES string of the molecule is CCNC(=O)[C@H](Cc1ccccc1)N(Cc1cccc(C)c1)C(=O)Cc1ccccc1[N+](=O)[O-]. The smallest absolute Gasteiger partial charge is 0.273 e. The van der Waals surface area contributed by atoms with Gasteiger partial charge in [0.1, 0.15) is 6.04 Å². The molecule has 0 saturated heterocycles. The predicted octanol–water partition coefficient (Wildman–Crippen LogP) is 4.22. The molecule has 0 unspecified atom stereocenters. The number of nitrogens with zero attached hydrogens (tertiary/aromatic N) is 2. The molecule has 3 aromatic carbocycles. The maximum atomic E-state index is 13.6. The number of amides is 2. The van der Waals surface area contributed by atoms with E-state index in [0.717, 1.165) is 16.7 Å². The van der Waals surface area contributed by atoms with Crippen molar-refractivity contribution in [2.24, 2.45) is 0 Å². The molecule has 34 heavy (non-hydrogen) atoms. The summed E-state index contributed by atoms with van der Waals surface area (Å²) >= 11 is 0. The fourth-order valence-electron chi connectivity index (χ4n) is 3.96. The van der Waals surface area contributed by atoms with E-state index in [1.54, 1.807) is 23.1 Å². The van der Waals surface area contributed by atoms with E-state index in [4.69, 9.17) is 0 Å². The molecule has 0 aromatic heterocycles. The topological polar surface area (TPSA) is 92.6 Å². The highest BCUT2D eigenvalue weighted by molar-refractivity contribution is 5.89. The normalized spacial score (nSPS) is 11.5. The summed E-state index contributed by atoms with van der Waals surface area (Å²) in [6.45, 7) is 4.45. The van der Waals surface area contributed by atoms with Crippen molar-refractivity contribution in [3.05, 3.63) is 111 Å². The van der Waals surface area contributed by atoms with Crippen molar-refractivity contribution in [2.45, 2.75) is 39.3 Å². The van der Waals surface area contributed by atoms with Crippen LogP contribution in [0.4, 0.5) is 5.69 Å². The van der Waals surface area contributed by atoms with E-state index in [0.29, 0.717) is 18.5 Å². The van der Waals surface area contributed by atoms with Crippen molar-refractivity contribution in [3.8, 4) is 0 Å². The number of carbonyl (C=O) groups is 2. The third-order valence-electron chi connectivity index (χ3n) is 5.59. The molecule has 0 aliphatic carbocycles. The van der Waals surface area contributed by atoms with E-state index in [9.17, 15) is 19.7 Å². The Labute approximate surface area is 199 Å². The molecule has 0 aliphatic rings. The number of hydrogen-bond acceptors (Lipinski definition) is 4. The lowest BCUT2D eigenvalue weighted by Crippen LogP contribution is -2.51. The molecule has 3 aromatic rings. The fourth-order valence-corrected chi connectivity index (χ4v) is 3.96. The van der Waals surface area contributed by atoms with E-state index < -0.39 is 11.0 Å². The summed E-state index contributed by atoms with van der Waals surface area (Å²) in [6.07, 6.45) is 0.161. The van der Waals surface area contributed by atoms with Crippen LogP contribution in [0.25, 0.3) is 0 Å². The van der Waals surface area contributed by atoms with Crippen molar-refractivity contribution >= 4 is 17.5 Å². The Morgan fingerprint density at radius 3 is 2.32 bits per heavy atom. The molecule has 2 amide bonds. The van der Waals surface area contributed by atoms with Crippen molar-refractivity contribution in [2.75, 3.05) is 6.54 Å². The molecule has 0 heterocycles. The first-order valence-electron chi connectivity index (χ1n) is 11.3. The molecule has 0 saturated carbocycles. The highest BCUT2D eigenvalue weighted by atomic mass is 16.6. The lowest BCUT2D eigenvalue weighted by atomic mass is 10.0. The van der Waals surface area contributed by atoms with Gasteiger partial charge in [-0.2, -0.15) is 0 Å². The second kappa shape index (κ2) is 11.7. The standard InChI is InChI=1S/C27H29N3O4/c1-3-28-27(32)25(17-21-11-5-4-6-12-21)29(19-22-13-9-10-20(2)16-22)26(31)18-23-14-7-8-15-24(23)30(33)34/h4-16,25H,3,17-19H2,1-2H3,(H,28,32)/t25-/m0/s1. The molecule has 1 atom stereocenters.